The molecular weight excluding hydrogens is 444 g/mol. The van der Waals surface area contributed by atoms with Gasteiger partial charge in [-0.3, -0.25) is 14.5 Å². The van der Waals surface area contributed by atoms with Gasteiger partial charge in [-0.1, -0.05) is 12.1 Å². The monoisotopic (exact) mass is 470 g/mol. The van der Waals surface area contributed by atoms with Gasteiger partial charge in [-0.15, -0.1) is 0 Å². The number of aryl methyl sites for hydroxylation is 3. The SMILES string of the molecule is CCOc1ccc(C2c3c(oc4cc(C)c(C)cc4c3=O)C(=O)N2c2cccc(C)n2)cc1OC. The fraction of sp³-hybridized carbons (Fsp3) is 0.250. The summed E-state index contributed by atoms with van der Waals surface area (Å²) >= 11 is 0. The Bertz CT molecular complexity index is 1540. The van der Waals surface area contributed by atoms with Crippen molar-refractivity contribution in [1.82, 2.24) is 4.98 Å². The van der Waals surface area contributed by atoms with Gasteiger partial charge in [0.05, 0.1) is 30.7 Å². The molecule has 0 radical (unpaired) electrons. The number of nitrogens with zero attached hydrogens (tertiary/aromatic N) is 2. The van der Waals surface area contributed by atoms with Gasteiger partial charge in [0.1, 0.15) is 11.4 Å². The maximum absolute atomic E-state index is 13.9. The van der Waals surface area contributed by atoms with Gasteiger partial charge in [0.15, 0.2) is 16.9 Å². The first-order chi connectivity index (χ1) is 16.8. The summed E-state index contributed by atoms with van der Waals surface area (Å²) in [6.07, 6.45) is 0. The van der Waals surface area contributed by atoms with Crippen molar-refractivity contribution in [1.29, 1.82) is 0 Å². The minimum atomic E-state index is -0.737. The Labute approximate surface area is 202 Å². The van der Waals surface area contributed by atoms with E-state index in [9.17, 15) is 9.59 Å². The molecule has 3 heterocycles. The van der Waals surface area contributed by atoms with Crippen LogP contribution >= 0.6 is 0 Å². The van der Waals surface area contributed by atoms with Crippen LogP contribution in [0, 0.1) is 20.8 Å². The molecule has 2 aromatic carbocycles. The lowest BCUT2D eigenvalue weighted by Gasteiger charge is -2.25. The predicted molar refractivity (Wildman–Crippen MR) is 134 cm³/mol. The molecule has 7 nitrogen and oxygen atoms in total. The molecule has 1 atom stereocenters. The third-order valence-corrected chi connectivity index (χ3v) is 6.41. The van der Waals surface area contributed by atoms with Gasteiger partial charge >= 0.3 is 0 Å². The molecule has 5 rings (SSSR count). The molecule has 0 N–H and O–H groups in total. The number of benzene rings is 2. The van der Waals surface area contributed by atoms with E-state index in [2.05, 4.69) is 4.98 Å². The quantitative estimate of drug-likeness (QED) is 0.395. The average molecular weight is 471 g/mol. The Balaban J connectivity index is 1.80. The molecule has 1 aliphatic heterocycles. The summed E-state index contributed by atoms with van der Waals surface area (Å²) in [6.45, 7) is 8.13. The minimum Gasteiger partial charge on any atom is -0.493 e. The highest BCUT2D eigenvalue weighted by Gasteiger charge is 2.44. The first kappa shape index (κ1) is 22.7. The standard InChI is InChI=1S/C28H26N2O5/c1-6-34-20-11-10-18(14-22(20)33-5)25-24-26(31)19-12-15(2)16(3)13-21(19)35-27(24)28(32)30(25)23-9-7-8-17(4)29-23/h7-14,25H,6H2,1-5H3. The molecule has 178 valence electrons. The first-order valence-electron chi connectivity index (χ1n) is 11.5. The molecule has 7 heteroatoms. The zero-order valence-corrected chi connectivity index (χ0v) is 20.3. The van der Waals surface area contributed by atoms with E-state index < -0.39 is 11.9 Å². The Morgan fingerprint density at radius 3 is 2.49 bits per heavy atom. The van der Waals surface area contributed by atoms with Gasteiger partial charge in [0, 0.05) is 5.69 Å². The van der Waals surface area contributed by atoms with Gasteiger partial charge in [0.2, 0.25) is 5.76 Å². The van der Waals surface area contributed by atoms with E-state index in [-0.39, 0.29) is 11.2 Å². The van der Waals surface area contributed by atoms with Crippen molar-refractivity contribution in [2.75, 3.05) is 18.6 Å². The van der Waals surface area contributed by atoms with Crippen LogP contribution in [-0.4, -0.2) is 24.6 Å². The van der Waals surface area contributed by atoms with Gasteiger partial charge in [-0.2, -0.15) is 0 Å². The van der Waals surface area contributed by atoms with Crippen LogP contribution in [0.3, 0.4) is 0 Å². The molecule has 35 heavy (non-hydrogen) atoms. The number of rotatable bonds is 5. The molecule has 0 aliphatic carbocycles. The summed E-state index contributed by atoms with van der Waals surface area (Å²) in [6, 6.07) is 13.8. The largest absolute Gasteiger partial charge is 0.493 e. The van der Waals surface area contributed by atoms with Crippen molar-refractivity contribution in [3.8, 4) is 11.5 Å². The van der Waals surface area contributed by atoms with Gasteiger partial charge in [-0.25, -0.2) is 4.98 Å². The number of aromatic nitrogens is 1. The lowest BCUT2D eigenvalue weighted by atomic mass is 9.97. The summed E-state index contributed by atoms with van der Waals surface area (Å²) in [5.74, 6) is 1.16. The van der Waals surface area contributed by atoms with Crippen LogP contribution in [0.5, 0.6) is 11.5 Å². The molecule has 0 bridgehead atoms. The van der Waals surface area contributed by atoms with Crippen molar-refractivity contribution in [2.24, 2.45) is 0 Å². The van der Waals surface area contributed by atoms with Gasteiger partial charge < -0.3 is 13.9 Å². The number of carbonyl (C=O) groups excluding carboxylic acids is 1. The fourth-order valence-electron chi connectivity index (χ4n) is 4.57. The van der Waals surface area contributed by atoms with Crippen LogP contribution in [0.2, 0.25) is 0 Å². The van der Waals surface area contributed by atoms with E-state index in [0.29, 0.717) is 46.0 Å². The Morgan fingerprint density at radius 2 is 1.77 bits per heavy atom. The summed E-state index contributed by atoms with van der Waals surface area (Å²) in [4.78, 5) is 33.7. The molecule has 1 amide bonds. The number of pyridine rings is 1. The molecule has 0 spiro atoms. The molecular formula is C28H26N2O5. The van der Waals surface area contributed by atoms with Crippen molar-refractivity contribution in [3.05, 3.63) is 92.5 Å². The lowest BCUT2D eigenvalue weighted by Crippen LogP contribution is -2.30. The number of methoxy groups -OCH3 is 1. The average Bonchev–Trinajstić information content (AvgIpc) is 3.13. The second-order valence-corrected chi connectivity index (χ2v) is 8.66. The molecule has 2 aromatic heterocycles. The van der Waals surface area contributed by atoms with Crippen LogP contribution in [-0.2, 0) is 0 Å². The molecule has 0 saturated heterocycles. The number of fused-ring (bicyclic) bond motifs is 2. The molecule has 1 aliphatic rings. The summed E-state index contributed by atoms with van der Waals surface area (Å²) in [5.41, 5.74) is 3.86. The van der Waals surface area contributed by atoms with Crippen molar-refractivity contribution < 1.29 is 18.7 Å². The number of hydrogen-bond donors (Lipinski definition) is 0. The topological polar surface area (TPSA) is 81.9 Å². The minimum absolute atomic E-state index is 0.0342. The second-order valence-electron chi connectivity index (χ2n) is 8.66. The molecule has 4 aromatic rings. The highest BCUT2D eigenvalue weighted by atomic mass is 16.5. The second kappa shape index (κ2) is 8.58. The maximum atomic E-state index is 13.9. The first-order valence-corrected chi connectivity index (χ1v) is 11.5. The third kappa shape index (κ3) is 3.64. The van der Waals surface area contributed by atoms with Crippen molar-refractivity contribution in [3.63, 3.8) is 0 Å². The number of amides is 1. The highest BCUT2D eigenvalue weighted by molar-refractivity contribution is 6.10. The number of ether oxygens (including phenoxy) is 2. The van der Waals surface area contributed by atoms with Crippen LogP contribution in [0.25, 0.3) is 11.0 Å². The molecule has 1 unspecified atom stereocenters. The van der Waals surface area contributed by atoms with Crippen LogP contribution < -0.4 is 19.8 Å². The smallest absolute Gasteiger partial charge is 0.296 e. The zero-order valence-electron chi connectivity index (χ0n) is 20.3. The van der Waals surface area contributed by atoms with Crippen molar-refractivity contribution >= 4 is 22.7 Å². The van der Waals surface area contributed by atoms with Crippen LogP contribution in [0.1, 0.15) is 51.5 Å². The van der Waals surface area contributed by atoms with E-state index in [1.807, 2.05) is 58.0 Å². The van der Waals surface area contributed by atoms with E-state index in [1.165, 1.54) is 4.90 Å². The van der Waals surface area contributed by atoms with Crippen LogP contribution in [0.15, 0.2) is 57.7 Å². The number of hydrogen-bond acceptors (Lipinski definition) is 6. The Morgan fingerprint density at radius 1 is 1.00 bits per heavy atom. The normalized spacial score (nSPS) is 14.9. The summed E-state index contributed by atoms with van der Waals surface area (Å²) < 4.78 is 17.3. The summed E-state index contributed by atoms with van der Waals surface area (Å²) in [5, 5.41) is 0.446. The number of carbonyl (C=O) groups is 1. The Kier molecular flexibility index (Phi) is 5.55. The van der Waals surface area contributed by atoms with E-state index in [4.69, 9.17) is 13.9 Å². The Hall–Kier alpha value is -4.13. The third-order valence-electron chi connectivity index (χ3n) is 6.41. The van der Waals surface area contributed by atoms with E-state index >= 15 is 0 Å². The number of anilines is 1. The summed E-state index contributed by atoms with van der Waals surface area (Å²) in [7, 11) is 1.56. The van der Waals surface area contributed by atoms with Crippen LogP contribution in [0.4, 0.5) is 5.82 Å². The fourth-order valence-corrected chi connectivity index (χ4v) is 4.57. The highest BCUT2D eigenvalue weighted by Crippen LogP contribution is 2.43. The van der Waals surface area contributed by atoms with E-state index in [0.717, 1.165) is 16.8 Å². The lowest BCUT2D eigenvalue weighted by molar-refractivity contribution is 0.0970. The molecule has 0 saturated carbocycles. The molecule has 0 fully saturated rings. The van der Waals surface area contributed by atoms with E-state index in [1.54, 1.807) is 25.3 Å². The predicted octanol–water partition coefficient (Wildman–Crippen LogP) is 5.27. The van der Waals surface area contributed by atoms with Crippen molar-refractivity contribution in [2.45, 2.75) is 33.7 Å². The maximum Gasteiger partial charge on any atom is 0.296 e. The zero-order chi connectivity index (χ0) is 24.9. The van der Waals surface area contributed by atoms with Gasteiger partial charge in [-0.05, 0) is 80.8 Å². The van der Waals surface area contributed by atoms with Gasteiger partial charge in [0.25, 0.3) is 5.91 Å².